The minimum absolute atomic E-state index is 0.449. The van der Waals surface area contributed by atoms with Crippen molar-refractivity contribution in [1.29, 1.82) is 0 Å². The first-order valence-electron chi connectivity index (χ1n) is 7.99. The fourth-order valence-electron chi connectivity index (χ4n) is 2.39. The van der Waals surface area contributed by atoms with E-state index in [2.05, 4.69) is 20.9 Å². The van der Waals surface area contributed by atoms with Crippen LogP contribution in [0.3, 0.4) is 0 Å². The van der Waals surface area contributed by atoms with Gasteiger partial charge in [0.05, 0.1) is 31.2 Å². The van der Waals surface area contributed by atoms with Crippen molar-refractivity contribution in [3.63, 3.8) is 0 Å². The minimum Gasteiger partial charge on any atom is -0.489 e. The molecule has 0 saturated heterocycles. The second kappa shape index (κ2) is 8.89. The first kappa shape index (κ1) is 17.8. The van der Waals surface area contributed by atoms with E-state index in [1.54, 1.807) is 13.3 Å². The molecule has 6 heteroatoms. The van der Waals surface area contributed by atoms with E-state index < -0.39 is 0 Å². The molecule has 1 aromatic carbocycles. The Kier molecular flexibility index (Phi) is 6.33. The normalized spacial score (nSPS) is 11.0. The fourth-order valence-corrected chi connectivity index (χ4v) is 2.84. The Labute approximate surface area is 155 Å². The number of aromatic nitrogens is 2. The molecular formula is C19H19BrN2O3. The number of hydrogen-bond acceptors (Lipinski definition) is 5. The van der Waals surface area contributed by atoms with Crippen LogP contribution in [0.1, 0.15) is 0 Å². The quantitative estimate of drug-likeness (QED) is 0.530. The molecule has 0 N–H and O–H groups in total. The fraction of sp³-hybridized carbons (Fsp3) is 0.263. The van der Waals surface area contributed by atoms with Crippen molar-refractivity contribution in [3.05, 3.63) is 53.1 Å². The maximum atomic E-state index is 5.89. The van der Waals surface area contributed by atoms with Crippen LogP contribution in [-0.2, 0) is 9.47 Å². The molecule has 0 aliphatic heterocycles. The molecule has 5 nitrogen and oxygen atoms in total. The van der Waals surface area contributed by atoms with Crippen LogP contribution >= 0.6 is 15.9 Å². The summed E-state index contributed by atoms with van der Waals surface area (Å²) >= 11 is 3.52. The number of nitrogens with zero attached hydrogens (tertiary/aromatic N) is 2. The predicted molar refractivity (Wildman–Crippen MR) is 101 cm³/mol. The molecule has 0 aliphatic rings. The van der Waals surface area contributed by atoms with E-state index in [-0.39, 0.29) is 0 Å². The largest absolute Gasteiger partial charge is 0.489 e. The van der Waals surface area contributed by atoms with E-state index >= 15 is 0 Å². The van der Waals surface area contributed by atoms with Gasteiger partial charge in [0.15, 0.2) is 0 Å². The number of ether oxygens (including phenoxy) is 3. The molecule has 2 aromatic heterocycles. The van der Waals surface area contributed by atoms with Crippen molar-refractivity contribution in [1.82, 2.24) is 9.97 Å². The van der Waals surface area contributed by atoms with Gasteiger partial charge in [0, 0.05) is 23.2 Å². The number of benzene rings is 1. The van der Waals surface area contributed by atoms with E-state index in [0.29, 0.717) is 26.4 Å². The summed E-state index contributed by atoms with van der Waals surface area (Å²) in [5.41, 5.74) is 2.46. The number of methoxy groups -OCH3 is 1. The third-order valence-corrected chi connectivity index (χ3v) is 4.02. The molecule has 0 saturated carbocycles. The highest BCUT2D eigenvalue weighted by Crippen LogP contribution is 2.30. The van der Waals surface area contributed by atoms with E-state index in [1.165, 1.54) is 0 Å². The number of hydrogen-bond donors (Lipinski definition) is 0. The van der Waals surface area contributed by atoms with E-state index in [0.717, 1.165) is 32.5 Å². The summed E-state index contributed by atoms with van der Waals surface area (Å²) in [7, 11) is 1.65. The van der Waals surface area contributed by atoms with Crippen molar-refractivity contribution in [2.75, 3.05) is 33.5 Å². The second-order valence-corrected chi connectivity index (χ2v) is 6.26. The molecule has 0 radical (unpaired) electrons. The van der Waals surface area contributed by atoms with Gasteiger partial charge in [0.1, 0.15) is 17.9 Å². The lowest BCUT2D eigenvalue weighted by atomic mass is 10.1. The summed E-state index contributed by atoms with van der Waals surface area (Å²) in [6.07, 6.45) is 1.76. The molecule has 3 aromatic rings. The average Bonchev–Trinajstić information content (AvgIpc) is 2.64. The number of fused-ring (bicyclic) bond motifs is 1. The molecule has 3 rings (SSSR count). The summed E-state index contributed by atoms with van der Waals surface area (Å²) in [6, 6.07) is 13.7. The molecule has 0 fully saturated rings. The molecule has 25 heavy (non-hydrogen) atoms. The van der Waals surface area contributed by atoms with Crippen LogP contribution in [0.15, 0.2) is 53.1 Å². The molecule has 0 atom stereocenters. The monoisotopic (exact) mass is 402 g/mol. The zero-order valence-corrected chi connectivity index (χ0v) is 15.5. The van der Waals surface area contributed by atoms with Gasteiger partial charge in [-0.15, -0.1) is 0 Å². The molecule has 0 spiro atoms. The van der Waals surface area contributed by atoms with Gasteiger partial charge in [0.25, 0.3) is 0 Å². The Morgan fingerprint density at radius 3 is 2.64 bits per heavy atom. The van der Waals surface area contributed by atoms with Gasteiger partial charge in [-0.2, -0.15) is 0 Å². The third-order valence-electron chi connectivity index (χ3n) is 3.57. The first-order chi connectivity index (χ1) is 12.3. The van der Waals surface area contributed by atoms with Gasteiger partial charge in [0.2, 0.25) is 0 Å². The van der Waals surface area contributed by atoms with E-state index in [1.807, 2.05) is 42.5 Å². The zero-order valence-electron chi connectivity index (χ0n) is 13.9. The lowest BCUT2D eigenvalue weighted by Crippen LogP contribution is -2.10. The van der Waals surface area contributed by atoms with Gasteiger partial charge in [-0.3, -0.25) is 4.98 Å². The number of pyridine rings is 2. The van der Waals surface area contributed by atoms with Gasteiger partial charge >= 0.3 is 0 Å². The van der Waals surface area contributed by atoms with Crippen LogP contribution in [0.5, 0.6) is 5.75 Å². The lowest BCUT2D eigenvalue weighted by molar-refractivity contribution is 0.0546. The molecular weight excluding hydrogens is 384 g/mol. The summed E-state index contributed by atoms with van der Waals surface area (Å²) < 4.78 is 17.2. The van der Waals surface area contributed by atoms with Crippen molar-refractivity contribution in [3.8, 4) is 17.1 Å². The maximum Gasteiger partial charge on any atom is 0.146 e. The van der Waals surface area contributed by atoms with Crippen LogP contribution in [0, 0.1) is 0 Å². The zero-order chi connectivity index (χ0) is 17.5. The number of halogens is 1. The Morgan fingerprint density at radius 2 is 1.84 bits per heavy atom. The van der Waals surface area contributed by atoms with E-state index in [4.69, 9.17) is 19.2 Å². The SMILES string of the molecule is COCCOCCOc1cc(Br)cc2ccc(-c3ccccn3)nc12. The Hall–Kier alpha value is -2.02. The average molecular weight is 403 g/mol. The number of rotatable bonds is 8. The summed E-state index contributed by atoms with van der Waals surface area (Å²) in [5, 5.41) is 1.00. The lowest BCUT2D eigenvalue weighted by Gasteiger charge is -2.11. The Morgan fingerprint density at radius 1 is 0.960 bits per heavy atom. The molecule has 0 bridgehead atoms. The highest BCUT2D eigenvalue weighted by Gasteiger charge is 2.09. The first-order valence-corrected chi connectivity index (χ1v) is 8.78. The van der Waals surface area contributed by atoms with Crippen molar-refractivity contribution >= 4 is 26.8 Å². The molecule has 2 heterocycles. The van der Waals surface area contributed by atoms with Crippen LogP contribution < -0.4 is 4.74 Å². The van der Waals surface area contributed by atoms with Crippen molar-refractivity contribution < 1.29 is 14.2 Å². The molecule has 130 valence electrons. The van der Waals surface area contributed by atoms with Gasteiger partial charge in [-0.1, -0.05) is 28.1 Å². The summed E-state index contributed by atoms with van der Waals surface area (Å²) in [5.74, 6) is 0.720. The predicted octanol–water partition coefficient (Wildman–Crippen LogP) is 4.10. The van der Waals surface area contributed by atoms with Crippen molar-refractivity contribution in [2.24, 2.45) is 0 Å². The smallest absolute Gasteiger partial charge is 0.146 e. The highest BCUT2D eigenvalue weighted by atomic mass is 79.9. The third kappa shape index (κ3) is 4.75. The maximum absolute atomic E-state index is 5.89. The Bertz CT molecular complexity index is 828. The molecule has 0 amide bonds. The second-order valence-electron chi connectivity index (χ2n) is 5.34. The van der Waals surface area contributed by atoms with E-state index in [9.17, 15) is 0 Å². The van der Waals surface area contributed by atoms with Crippen LogP contribution in [0.25, 0.3) is 22.3 Å². The van der Waals surface area contributed by atoms with Crippen LogP contribution in [-0.4, -0.2) is 43.5 Å². The van der Waals surface area contributed by atoms with Crippen LogP contribution in [0.4, 0.5) is 0 Å². The summed E-state index contributed by atoms with van der Waals surface area (Å²) in [6.45, 7) is 2.08. The van der Waals surface area contributed by atoms with Gasteiger partial charge < -0.3 is 14.2 Å². The van der Waals surface area contributed by atoms with Crippen molar-refractivity contribution in [2.45, 2.75) is 0 Å². The molecule has 0 unspecified atom stereocenters. The highest BCUT2D eigenvalue weighted by molar-refractivity contribution is 9.10. The minimum atomic E-state index is 0.449. The van der Waals surface area contributed by atoms with Gasteiger partial charge in [-0.05, 0) is 30.3 Å². The Balaban J connectivity index is 1.81. The molecule has 0 aliphatic carbocycles. The standard InChI is InChI=1S/C19H19BrN2O3/c1-23-8-9-24-10-11-25-18-13-15(20)12-14-5-6-17(22-19(14)18)16-4-2-3-7-21-16/h2-7,12-13H,8-11H2,1H3. The van der Waals surface area contributed by atoms with Gasteiger partial charge in [-0.25, -0.2) is 4.98 Å². The van der Waals surface area contributed by atoms with Crippen LogP contribution in [0.2, 0.25) is 0 Å². The summed E-state index contributed by atoms with van der Waals surface area (Å²) in [4.78, 5) is 9.11. The topological polar surface area (TPSA) is 53.5 Å².